The molecule has 0 saturated carbocycles. The average Bonchev–Trinajstić information content (AvgIpc) is 3.43. The molecule has 5 rings (SSSR count). The first kappa shape index (κ1) is 26.4. The zero-order chi connectivity index (χ0) is 27.5. The van der Waals surface area contributed by atoms with E-state index >= 15 is 0 Å². The number of aromatic nitrogens is 2. The Hall–Kier alpha value is -4.24. The number of hydrogen-bond acceptors (Lipinski definition) is 4. The van der Waals surface area contributed by atoms with Crippen LogP contribution in [0.25, 0.3) is 5.69 Å². The van der Waals surface area contributed by atoms with Crippen LogP contribution in [0.1, 0.15) is 41.1 Å². The van der Waals surface area contributed by atoms with Crippen LogP contribution in [0, 0.1) is 19.7 Å². The molecule has 1 aliphatic rings. The van der Waals surface area contributed by atoms with Gasteiger partial charge in [-0.05, 0) is 74.1 Å². The Morgan fingerprint density at radius 3 is 2.64 bits per heavy atom. The first-order valence-corrected chi connectivity index (χ1v) is 13.1. The highest BCUT2D eigenvalue weighted by Gasteiger charge is 2.41. The maximum absolute atomic E-state index is 14.1. The molecule has 1 fully saturated rings. The maximum atomic E-state index is 14.1. The molecule has 0 spiro atoms. The van der Waals surface area contributed by atoms with E-state index in [0.29, 0.717) is 11.7 Å². The van der Waals surface area contributed by atoms with Crippen LogP contribution in [0.3, 0.4) is 0 Å². The summed E-state index contributed by atoms with van der Waals surface area (Å²) in [4.78, 5) is 19.4. The maximum Gasteiger partial charge on any atom is 0.226 e. The number of nitrogens with zero attached hydrogens (tertiary/aromatic N) is 3. The minimum atomic E-state index is -0.470. The molecule has 200 valence electrons. The third-order valence-corrected chi connectivity index (χ3v) is 7.38. The number of halogens is 1. The monoisotopic (exact) mass is 543 g/mol. The van der Waals surface area contributed by atoms with Crippen LogP contribution in [0.15, 0.2) is 79.0 Å². The third-order valence-electron chi connectivity index (χ3n) is 7.03. The lowest BCUT2D eigenvalue weighted by Crippen LogP contribution is -2.33. The molecule has 2 atom stereocenters. The number of rotatable bonds is 8. The molecule has 7 nitrogen and oxygen atoms in total. The highest BCUT2D eigenvalue weighted by atomic mass is 32.1. The number of ether oxygens (including phenoxy) is 1. The normalized spacial score (nSPS) is 16.7. The van der Waals surface area contributed by atoms with Gasteiger partial charge in [0.1, 0.15) is 11.6 Å². The molecule has 0 radical (unpaired) electrons. The molecular weight excluding hydrogens is 513 g/mol. The molecule has 1 saturated heterocycles. The van der Waals surface area contributed by atoms with Crippen molar-refractivity contribution in [1.82, 2.24) is 19.8 Å². The summed E-state index contributed by atoms with van der Waals surface area (Å²) in [5.41, 5.74) is 5.20. The van der Waals surface area contributed by atoms with E-state index in [-0.39, 0.29) is 30.1 Å². The van der Waals surface area contributed by atoms with E-state index < -0.39 is 5.82 Å². The number of pyridine rings is 1. The summed E-state index contributed by atoms with van der Waals surface area (Å²) in [7, 11) is 1.66. The van der Waals surface area contributed by atoms with E-state index in [9.17, 15) is 9.18 Å². The van der Waals surface area contributed by atoms with Gasteiger partial charge in [-0.25, -0.2) is 4.39 Å². The van der Waals surface area contributed by atoms with Crippen molar-refractivity contribution in [2.45, 2.75) is 32.4 Å². The van der Waals surface area contributed by atoms with Crippen molar-refractivity contribution in [3.05, 3.63) is 107 Å². The number of para-hydroxylation sites is 1. The number of methoxy groups -OCH3 is 1. The quantitative estimate of drug-likeness (QED) is 0.281. The first-order chi connectivity index (χ1) is 18.9. The van der Waals surface area contributed by atoms with Gasteiger partial charge in [-0.3, -0.25) is 9.78 Å². The lowest BCUT2D eigenvalue weighted by atomic mass is 9.96. The van der Waals surface area contributed by atoms with Gasteiger partial charge in [0.25, 0.3) is 0 Å². The van der Waals surface area contributed by atoms with Crippen LogP contribution in [0.2, 0.25) is 0 Å². The Morgan fingerprint density at radius 1 is 1.10 bits per heavy atom. The summed E-state index contributed by atoms with van der Waals surface area (Å²) < 4.78 is 21.7. The Balaban J connectivity index is 1.48. The molecule has 9 heteroatoms. The fraction of sp³-hybridized carbons (Fsp3) is 0.233. The van der Waals surface area contributed by atoms with Gasteiger partial charge in [-0.1, -0.05) is 24.3 Å². The number of carbonyl (C=O) groups excluding carboxylic acids is 1. The van der Waals surface area contributed by atoms with Gasteiger partial charge in [0.05, 0.1) is 30.6 Å². The van der Waals surface area contributed by atoms with Gasteiger partial charge >= 0.3 is 0 Å². The second kappa shape index (κ2) is 11.2. The molecule has 39 heavy (non-hydrogen) atoms. The van der Waals surface area contributed by atoms with Crippen LogP contribution < -0.4 is 15.4 Å². The molecule has 2 N–H and O–H groups in total. The Bertz CT molecular complexity index is 1510. The molecule has 1 amide bonds. The minimum absolute atomic E-state index is 0.135. The molecular formula is C30H30FN5O2S. The Labute approximate surface area is 232 Å². The summed E-state index contributed by atoms with van der Waals surface area (Å²) in [5, 5.41) is 6.65. The number of aryl methyl sites for hydroxylation is 1. The summed E-state index contributed by atoms with van der Waals surface area (Å²) in [6, 6.07) is 21.6. The molecule has 2 aromatic heterocycles. The van der Waals surface area contributed by atoms with E-state index in [4.69, 9.17) is 17.0 Å². The SMILES string of the molecule is COc1cccc(-n2c(C)cc([C@H]3[C@H](c4ccccn4)NC(=S)N3CCC(=O)Nc3ccccc3F)c2C)c1. The van der Waals surface area contributed by atoms with Crippen molar-refractivity contribution in [2.24, 2.45) is 0 Å². The van der Waals surface area contributed by atoms with E-state index in [1.54, 1.807) is 31.5 Å². The van der Waals surface area contributed by atoms with E-state index in [1.165, 1.54) is 6.07 Å². The number of carbonyl (C=O) groups is 1. The van der Waals surface area contributed by atoms with E-state index in [2.05, 4.69) is 40.1 Å². The predicted octanol–water partition coefficient (Wildman–Crippen LogP) is 5.64. The second-order valence-electron chi connectivity index (χ2n) is 9.46. The van der Waals surface area contributed by atoms with Crippen LogP contribution >= 0.6 is 12.2 Å². The smallest absolute Gasteiger partial charge is 0.226 e. The predicted molar refractivity (Wildman–Crippen MR) is 154 cm³/mol. The van der Waals surface area contributed by atoms with Crippen LogP contribution in [-0.2, 0) is 4.79 Å². The number of benzene rings is 2. The van der Waals surface area contributed by atoms with Gasteiger partial charge in [0.15, 0.2) is 5.11 Å². The summed E-state index contributed by atoms with van der Waals surface area (Å²) in [5.74, 6) is 0.0196. The zero-order valence-corrected chi connectivity index (χ0v) is 22.8. The van der Waals surface area contributed by atoms with Crippen LogP contribution in [0.4, 0.5) is 10.1 Å². The van der Waals surface area contributed by atoms with Crippen LogP contribution in [-0.4, -0.2) is 39.1 Å². The number of nitrogens with one attached hydrogen (secondary N) is 2. The lowest BCUT2D eigenvalue weighted by molar-refractivity contribution is -0.116. The van der Waals surface area contributed by atoms with Crippen LogP contribution in [0.5, 0.6) is 5.75 Å². The third kappa shape index (κ3) is 5.35. The lowest BCUT2D eigenvalue weighted by Gasteiger charge is -2.28. The Kier molecular flexibility index (Phi) is 7.60. The summed E-state index contributed by atoms with van der Waals surface area (Å²) >= 11 is 5.78. The number of anilines is 1. The van der Waals surface area contributed by atoms with Gasteiger partial charge in [0.2, 0.25) is 5.91 Å². The molecule has 0 unspecified atom stereocenters. The summed E-state index contributed by atoms with van der Waals surface area (Å²) in [6.07, 6.45) is 1.90. The number of hydrogen-bond donors (Lipinski definition) is 2. The average molecular weight is 544 g/mol. The number of thiocarbonyl (C=S) groups is 1. The van der Waals surface area contributed by atoms with Crippen molar-refractivity contribution in [2.75, 3.05) is 19.0 Å². The van der Waals surface area contributed by atoms with Gasteiger partial charge in [-0.2, -0.15) is 0 Å². The van der Waals surface area contributed by atoms with Crippen molar-refractivity contribution in [1.29, 1.82) is 0 Å². The van der Waals surface area contributed by atoms with E-state index in [1.807, 2.05) is 47.4 Å². The van der Waals surface area contributed by atoms with Crippen molar-refractivity contribution < 1.29 is 13.9 Å². The van der Waals surface area contributed by atoms with Gasteiger partial charge in [-0.15, -0.1) is 0 Å². The zero-order valence-electron chi connectivity index (χ0n) is 22.0. The minimum Gasteiger partial charge on any atom is -0.497 e. The topological polar surface area (TPSA) is 71.4 Å². The number of amides is 1. The molecule has 1 aliphatic heterocycles. The molecule has 2 aromatic carbocycles. The largest absolute Gasteiger partial charge is 0.497 e. The Morgan fingerprint density at radius 2 is 1.90 bits per heavy atom. The van der Waals surface area contributed by atoms with Crippen molar-refractivity contribution in [3.8, 4) is 11.4 Å². The highest BCUT2D eigenvalue weighted by Crippen LogP contribution is 2.41. The molecule has 3 heterocycles. The van der Waals surface area contributed by atoms with Crippen molar-refractivity contribution >= 4 is 28.9 Å². The van der Waals surface area contributed by atoms with Gasteiger partial charge in [0, 0.05) is 42.3 Å². The molecule has 0 aliphatic carbocycles. The second-order valence-corrected chi connectivity index (χ2v) is 9.85. The molecule has 0 bridgehead atoms. The summed E-state index contributed by atoms with van der Waals surface area (Å²) in [6.45, 7) is 4.50. The standard InChI is InChI=1S/C30H30FN5O2S/c1-19-17-23(20(2)36(19)21-9-8-10-22(18-21)38-3)29-28(26-13-6-7-15-32-26)34-30(39)35(29)16-14-27(37)33-25-12-5-4-11-24(25)31/h4-13,15,17-18,28-29H,14,16H2,1-3H3,(H,33,37)(H,34,39)/t28-,29-/m0/s1. The first-order valence-electron chi connectivity index (χ1n) is 12.7. The van der Waals surface area contributed by atoms with Crippen molar-refractivity contribution in [3.63, 3.8) is 0 Å². The van der Waals surface area contributed by atoms with E-state index in [0.717, 1.165) is 34.1 Å². The molecule has 4 aromatic rings. The fourth-order valence-corrected chi connectivity index (χ4v) is 5.55. The highest BCUT2D eigenvalue weighted by molar-refractivity contribution is 7.80. The van der Waals surface area contributed by atoms with Gasteiger partial charge < -0.3 is 24.8 Å². The fourth-order valence-electron chi connectivity index (χ4n) is 5.22.